The van der Waals surface area contributed by atoms with Crippen LogP contribution in [0.4, 0.5) is 13.2 Å². The zero-order chi connectivity index (χ0) is 17.7. The summed E-state index contributed by atoms with van der Waals surface area (Å²) in [5.74, 6) is -1.54. The normalized spacial score (nSPS) is 20.8. The molecule has 0 saturated heterocycles. The number of fused-ring (bicyclic) bond motifs is 1. The summed E-state index contributed by atoms with van der Waals surface area (Å²) in [4.78, 5) is 24.1. The first-order valence-corrected chi connectivity index (χ1v) is 7.62. The Hall–Kier alpha value is -2.02. The second-order valence-electron chi connectivity index (χ2n) is 6.01. The van der Waals surface area contributed by atoms with Gasteiger partial charge in [0.25, 0.3) is 0 Å². The number of aromatic nitrogens is 3. The Morgan fingerprint density at radius 1 is 1.21 bits per heavy atom. The predicted molar refractivity (Wildman–Crippen MR) is 81.0 cm³/mol. The Morgan fingerprint density at radius 3 is 2.58 bits per heavy atom. The Balaban J connectivity index is 2.11. The van der Waals surface area contributed by atoms with Gasteiger partial charge < -0.3 is 0 Å². The zero-order valence-corrected chi connectivity index (χ0v) is 13.7. The van der Waals surface area contributed by atoms with Gasteiger partial charge in [0.05, 0.1) is 16.8 Å². The molecule has 1 atom stereocenters. The third-order valence-electron chi connectivity index (χ3n) is 4.22. The molecule has 24 heavy (non-hydrogen) atoms. The standard InChI is InChI=1S/C16H13ClF3N3O/c1-8-7-11(23-14(21-8)16(18,19)20)15(2)6-5-10-9(13(15)24)3-4-12(17)22-10/h3-4,7H,5-6H2,1-2H3. The van der Waals surface area contributed by atoms with Crippen molar-refractivity contribution < 1.29 is 18.0 Å². The Bertz CT molecular complexity index is 838. The first-order valence-electron chi connectivity index (χ1n) is 7.25. The highest BCUT2D eigenvalue weighted by Gasteiger charge is 2.44. The van der Waals surface area contributed by atoms with E-state index in [9.17, 15) is 18.0 Å². The maximum Gasteiger partial charge on any atom is 0.451 e. The molecule has 0 bridgehead atoms. The molecule has 0 spiro atoms. The van der Waals surface area contributed by atoms with Crippen molar-refractivity contribution in [3.8, 4) is 0 Å². The molecule has 4 nitrogen and oxygen atoms in total. The van der Waals surface area contributed by atoms with Crippen LogP contribution in [-0.4, -0.2) is 20.7 Å². The number of halogens is 4. The van der Waals surface area contributed by atoms with Crippen LogP contribution >= 0.6 is 11.6 Å². The zero-order valence-electron chi connectivity index (χ0n) is 12.9. The van der Waals surface area contributed by atoms with Crippen LogP contribution < -0.4 is 0 Å². The van der Waals surface area contributed by atoms with Crippen LogP contribution in [0.2, 0.25) is 5.15 Å². The van der Waals surface area contributed by atoms with E-state index in [4.69, 9.17) is 11.6 Å². The van der Waals surface area contributed by atoms with Crippen molar-refractivity contribution in [2.24, 2.45) is 0 Å². The number of nitrogens with zero attached hydrogens (tertiary/aromatic N) is 3. The second-order valence-corrected chi connectivity index (χ2v) is 6.39. The first kappa shape index (κ1) is 16.8. The van der Waals surface area contributed by atoms with Crippen LogP contribution in [0, 0.1) is 6.92 Å². The van der Waals surface area contributed by atoms with Crippen molar-refractivity contribution in [2.75, 3.05) is 0 Å². The van der Waals surface area contributed by atoms with Gasteiger partial charge in [0.2, 0.25) is 5.82 Å². The van der Waals surface area contributed by atoms with Crippen molar-refractivity contribution >= 4 is 17.4 Å². The van der Waals surface area contributed by atoms with Gasteiger partial charge in [0, 0.05) is 11.3 Å². The summed E-state index contributed by atoms with van der Waals surface area (Å²) in [7, 11) is 0. The molecule has 0 N–H and O–H groups in total. The molecular weight excluding hydrogens is 343 g/mol. The van der Waals surface area contributed by atoms with Gasteiger partial charge in [-0.05, 0) is 44.9 Å². The number of carbonyl (C=O) groups is 1. The van der Waals surface area contributed by atoms with E-state index in [1.165, 1.54) is 19.1 Å². The van der Waals surface area contributed by atoms with Crippen LogP contribution in [0.15, 0.2) is 18.2 Å². The average Bonchev–Trinajstić information content (AvgIpc) is 2.49. The summed E-state index contributed by atoms with van der Waals surface area (Å²) in [6.45, 7) is 3.06. The van der Waals surface area contributed by atoms with Crippen LogP contribution in [0.25, 0.3) is 0 Å². The molecule has 0 radical (unpaired) electrons. The highest BCUT2D eigenvalue weighted by molar-refractivity contribution is 6.29. The minimum absolute atomic E-state index is 0.0768. The lowest BCUT2D eigenvalue weighted by Crippen LogP contribution is -2.39. The highest BCUT2D eigenvalue weighted by Crippen LogP contribution is 2.38. The molecule has 2 aromatic heterocycles. The molecule has 0 aliphatic heterocycles. The predicted octanol–water partition coefficient (Wildman–Crippen LogP) is 3.94. The molecule has 2 heterocycles. The smallest absolute Gasteiger partial charge is 0.293 e. The Kier molecular flexibility index (Phi) is 3.86. The molecule has 1 aliphatic rings. The molecule has 3 rings (SSSR count). The lowest BCUT2D eigenvalue weighted by molar-refractivity contribution is -0.145. The molecule has 0 fully saturated rings. The Labute approximate surface area is 141 Å². The molecule has 0 saturated carbocycles. The summed E-state index contributed by atoms with van der Waals surface area (Å²) in [5, 5.41) is 0.280. The molecule has 1 aliphatic carbocycles. The first-order chi connectivity index (χ1) is 11.1. The molecule has 8 heteroatoms. The minimum Gasteiger partial charge on any atom is -0.293 e. The number of ketones is 1. The SMILES string of the molecule is Cc1cc(C2(C)CCc3nc(Cl)ccc3C2=O)nc(C(F)(F)F)n1. The molecular formula is C16H13ClF3N3O. The number of hydrogen-bond acceptors (Lipinski definition) is 4. The van der Waals surface area contributed by atoms with Gasteiger partial charge in [0.1, 0.15) is 5.15 Å². The van der Waals surface area contributed by atoms with E-state index < -0.39 is 17.4 Å². The van der Waals surface area contributed by atoms with Gasteiger partial charge in [-0.15, -0.1) is 0 Å². The fourth-order valence-corrected chi connectivity index (χ4v) is 3.04. The summed E-state index contributed by atoms with van der Waals surface area (Å²) in [6.07, 6.45) is -3.93. The van der Waals surface area contributed by atoms with E-state index in [0.29, 0.717) is 24.1 Å². The number of hydrogen-bond donors (Lipinski definition) is 0. The van der Waals surface area contributed by atoms with Gasteiger partial charge >= 0.3 is 6.18 Å². The van der Waals surface area contributed by atoms with E-state index in [1.807, 2.05) is 0 Å². The number of aryl methyl sites for hydroxylation is 2. The molecule has 1 unspecified atom stereocenters. The largest absolute Gasteiger partial charge is 0.451 e. The maximum absolute atomic E-state index is 13.0. The van der Waals surface area contributed by atoms with Gasteiger partial charge in [-0.25, -0.2) is 15.0 Å². The van der Waals surface area contributed by atoms with Crippen molar-refractivity contribution in [3.05, 3.63) is 51.8 Å². The minimum atomic E-state index is -4.66. The van der Waals surface area contributed by atoms with Crippen LogP contribution in [0.1, 0.15) is 46.6 Å². The van der Waals surface area contributed by atoms with Gasteiger partial charge in [-0.1, -0.05) is 11.6 Å². The van der Waals surface area contributed by atoms with Gasteiger partial charge in [0.15, 0.2) is 5.78 Å². The lowest BCUT2D eigenvalue weighted by Gasteiger charge is -2.32. The lowest BCUT2D eigenvalue weighted by atomic mass is 9.71. The summed E-state index contributed by atoms with van der Waals surface area (Å²) in [5.41, 5.74) is 0.0232. The Morgan fingerprint density at radius 2 is 1.92 bits per heavy atom. The average molecular weight is 356 g/mol. The van der Waals surface area contributed by atoms with E-state index >= 15 is 0 Å². The molecule has 126 valence electrons. The number of rotatable bonds is 1. The van der Waals surface area contributed by atoms with E-state index in [0.717, 1.165) is 0 Å². The van der Waals surface area contributed by atoms with Gasteiger partial charge in [-0.2, -0.15) is 13.2 Å². The van der Waals surface area contributed by atoms with Crippen LogP contribution in [-0.2, 0) is 18.0 Å². The molecule has 2 aromatic rings. The number of carbonyl (C=O) groups excluding carboxylic acids is 1. The van der Waals surface area contributed by atoms with Crippen molar-refractivity contribution in [2.45, 2.75) is 38.3 Å². The summed E-state index contributed by atoms with van der Waals surface area (Å²) < 4.78 is 39.0. The van der Waals surface area contributed by atoms with Crippen molar-refractivity contribution in [1.82, 2.24) is 15.0 Å². The molecule has 0 amide bonds. The van der Waals surface area contributed by atoms with E-state index in [-0.39, 0.29) is 22.3 Å². The van der Waals surface area contributed by atoms with Crippen LogP contribution in [0.5, 0.6) is 0 Å². The summed E-state index contributed by atoms with van der Waals surface area (Å²) >= 11 is 5.84. The van der Waals surface area contributed by atoms with E-state index in [2.05, 4.69) is 15.0 Å². The summed E-state index contributed by atoms with van der Waals surface area (Å²) in [6, 6.07) is 4.49. The fourth-order valence-electron chi connectivity index (χ4n) is 2.87. The number of pyridine rings is 1. The van der Waals surface area contributed by atoms with Gasteiger partial charge in [-0.3, -0.25) is 4.79 Å². The molecule has 0 aromatic carbocycles. The topological polar surface area (TPSA) is 55.7 Å². The quantitative estimate of drug-likeness (QED) is 0.727. The van der Waals surface area contributed by atoms with E-state index in [1.54, 1.807) is 13.0 Å². The third kappa shape index (κ3) is 2.77. The highest BCUT2D eigenvalue weighted by atomic mass is 35.5. The van der Waals surface area contributed by atoms with Crippen LogP contribution in [0.3, 0.4) is 0 Å². The number of Topliss-reactive ketones (excluding diaryl/α,β-unsaturated/α-hetero) is 1. The number of alkyl halides is 3. The second kappa shape index (κ2) is 5.51. The monoisotopic (exact) mass is 355 g/mol. The van der Waals surface area contributed by atoms with Crippen molar-refractivity contribution in [1.29, 1.82) is 0 Å². The third-order valence-corrected chi connectivity index (χ3v) is 4.43. The fraction of sp³-hybridized carbons (Fsp3) is 0.375. The van der Waals surface area contributed by atoms with Crippen molar-refractivity contribution in [3.63, 3.8) is 0 Å². The maximum atomic E-state index is 13.0.